The van der Waals surface area contributed by atoms with E-state index in [1.807, 2.05) is 36.4 Å². The van der Waals surface area contributed by atoms with Crippen molar-refractivity contribution in [3.8, 4) is 0 Å². The summed E-state index contributed by atoms with van der Waals surface area (Å²) in [5.41, 5.74) is -0.234. The summed E-state index contributed by atoms with van der Waals surface area (Å²) in [6.45, 7) is 0.879. The van der Waals surface area contributed by atoms with Crippen LogP contribution in [0.5, 0.6) is 0 Å². The van der Waals surface area contributed by atoms with Crippen molar-refractivity contribution in [2.45, 2.75) is 22.3 Å². The SMILES string of the molecule is CC1(c2ccc(F)c(F)c2)NC(=O)N(CC(=O)N2c3ccccc3Sc3ccccc32)C1=O. The quantitative estimate of drug-likeness (QED) is 0.576. The van der Waals surface area contributed by atoms with Crippen molar-refractivity contribution in [3.05, 3.63) is 83.9 Å². The van der Waals surface area contributed by atoms with Gasteiger partial charge in [-0.3, -0.25) is 19.4 Å². The molecule has 9 heteroatoms. The first-order valence-corrected chi connectivity index (χ1v) is 10.9. The van der Waals surface area contributed by atoms with E-state index in [0.29, 0.717) is 11.4 Å². The maximum atomic E-state index is 13.8. The normalized spacial score (nSPS) is 19.2. The Morgan fingerprint density at radius 3 is 2.15 bits per heavy atom. The van der Waals surface area contributed by atoms with Gasteiger partial charge < -0.3 is 5.32 Å². The van der Waals surface area contributed by atoms with Gasteiger partial charge in [0.2, 0.25) is 0 Å². The minimum atomic E-state index is -1.63. The van der Waals surface area contributed by atoms with E-state index in [1.165, 1.54) is 29.7 Å². The van der Waals surface area contributed by atoms with Gasteiger partial charge in [-0.15, -0.1) is 0 Å². The summed E-state index contributed by atoms with van der Waals surface area (Å²) in [5, 5.41) is 2.51. The summed E-state index contributed by atoms with van der Waals surface area (Å²) in [6.07, 6.45) is 0. The van der Waals surface area contributed by atoms with Crippen molar-refractivity contribution in [2.75, 3.05) is 11.4 Å². The van der Waals surface area contributed by atoms with Crippen molar-refractivity contribution in [1.29, 1.82) is 0 Å². The molecule has 4 amide bonds. The van der Waals surface area contributed by atoms with Gasteiger partial charge in [-0.2, -0.15) is 0 Å². The van der Waals surface area contributed by atoms with Gasteiger partial charge in [-0.05, 0) is 48.9 Å². The molecule has 5 rings (SSSR count). The average molecular weight is 465 g/mol. The summed E-state index contributed by atoms with van der Waals surface area (Å²) in [5.74, 6) is -3.40. The molecule has 1 atom stereocenters. The fourth-order valence-corrected chi connectivity index (χ4v) is 5.08. The fraction of sp³-hybridized carbons (Fsp3) is 0.125. The fourth-order valence-electron chi connectivity index (χ4n) is 4.02. The van der Waals surface area contributed by atoms with Crippen molar-refractivity contribution >= 4 is 41.0 Å². The Bertz CT molecular complexity index is 1290. The molecule has 0 saturated carbocycles. The molecule has 0 radical (unpaired) electrons. The maximum absolute atomic E-state index is 13.8. The molecular weight excluding hydrogens is 448 g/mol. The Morgan fingerprint density at radius 2 is 1.55 bits per heavy atom. The van der Waals surface area contributed by atoms with Gasteiger partial charge in [0.1, 0.15) is 12.1 Å². The minimum Gasteiger partial charge on any atom is -0.319 e. The largest absolute Gasteiger partial charge is 0.325 e. The number of benzene rings is 3. The zero-order valence-corrected chi connectivity index (χ0v) is 18.2. The lowest BCUT2D eigenvalue weighted by atomic mass is 9.92. The zero-order chi connectivity index (χ0) is 23.3. The van der Waals surface area contributed by atoms with E-state index < -0.39 is 41.6 Å². The standard InChI is InChI=1S/C24H17F2N3O3S/c1-24(14-10-11-15(25)16(26)12-14)22(31)28(23(32)27-24)13-21(30)29-17-6-2-4-8-19(17)33-20-9-5-3-7-18(20)29/h2-12H,13H2,1H3,(H,27,32). The first-order valence-electron chi connectivity index (χ1n) is 10.1. The number of rotatable bonds is 3. The number of hydrogen-bond acceptors (Lipinski definition) is 4. The summed E-state index contributed by atoms with van der Waals surface area (Å²) in [6, 6.07) is 16.9. The Kier molecular flexibility index (Phi) is 4.93. The van der Waals surface area contributed by atoms with Crippen LogP contribution in [0.15, 0.2) is 76.5 Å². The molecule has 0 aromatic heterocycles. The number of fused-ring (bicyclic) bond motifs is 2. The van der Waals surface area contributed by atoms with Crippen LogP contribution in [0.3, 0.4) is 0 Å². The zero-order valence-electron chi connectivity index (χ0n) is 17.3. The highest BCUT2D eigenvalue weighted by atomic mass is 32.2. The maximum Gasteiger partial charge on any atom is 0.325 e. The van der Waals surface area contributed by atoms with Gasteiger partial charge in [0.25, 0.3) is 11.8 Å². The number of para-hydroxylation sites is 2. The number of halogens is 2. The van der Waals surface area contributed by atoms with Crippen LogP contribution in [-0.2, 0) is 15.1 Å². The van der Waals surface area contributed by atoms with Gasteiger partial charge in [0.15, 0.2) is 11.6 Å². The van der Waals surface area contributed by atoms with E-state index >= 15 is 0 Å². The summed E-state index contributed by atoms with van der Waals surface area (Å²) < 4.78 is 27.2. The van der Waals surface area contributed by atoms with Crippen LogP contribution >= 0.6 is 11.8 Å². The molecule has 0 spiro atoms. The topological polar surface area (TPSA) is 69.7 Å². The van der Waals surface area contributed by atoms with Crippen LogP contribution in [-0.4, -0.2) is 29.3 Å². The predicted octanol–water partition coefficient (Wildman–Crippen LogP) is 4.56. The second-order valence-electron chi connectivity index (χ2n) is 7.84. The molecule has 0 bridgehead atoms. The van der Waals surface area contributed by atoms with E-state index in [4.69, 9.17) is 0 Å². The molecule has 1 N–H and O–H groups in total. The van der Waals surface area contributed by atoms with E-state index in [9.17, 15) is 23.2 Å². The molecule has 2 heterocycles. The third-order valence-corrected chi connectivity index (χ3v) is 6.88. The lowest BCUT2D eigenvalue weighted by Crippen LogP contribution is -2.44. The Hall–Kier alpha value is -3.72. The second-order valence-corrected chi connectivity index (χ2v) is 8.93. The van der Waals surface area contributed by atoms with Crippen LogP contribution in [0.25, 0.3) is 0 Å². The van der Waals surface area contributed by atoms with Crippen LogP contribution in [0.2, 0.25) is 0 Å². The number of carbonyl (C=O) groups excluding carboxylic acids is 3. The lowest BCUT2D eigenvalue weighted by Gasteiger charge is -2.32. The van der Waals surface area contributed by atoms with Crippen molar-refractivity contribution in [2.24, 2.45) is 0 Å². The summed E-state index contributed by atoms with van der Waals surface area (Å²) >= 11 is 1.53. The van der Waals surface area contributed by atoms with Gasteiger partial charge in [0, 0.05) is 9.79 Å². The van der Waals surface area contributed by atoms with Gasteiger partial charge >= 0.3 is 6.03 Å². The molecule has 2 aliphatic rings. The summed E-state index contributed by atoms with van der Waals surface area (Å²) in [7, 11) is 0. The van der Waals surface area contributed by atoms with Crippen LogP contribution in [0.1, 0.15) is 12.5 Å². The highest BCUT2D eigenvalue weighted by molar-refractivity contribution is 7.99. The number of imide groups is 1. The molecule has 3 aromatic carbocycles. The first kappa shape index (κ1) is 21.1. The predicted molar refractivity (Wildman–Crippen MR) is 118 cm³/mol. The van der Waals surface area contributed by atoms with E-state index in [0.717, 1.165) is 26.8 Å². The van der Waals surface area contributed by atoms with Gasteiger partial charge in [0.05, 0.1) is 11.4 Å². The molecule has 1 unspecified atom stereocenters. The smallest absolute Gasteiger partial charge is 0.319 e. The first-order chi connectivity index (χ1) is 15.8. The second kappa shape index (κ2) is 7.70. The monoisotopic (exact) mass is 465 g/mol. The number of hydrogen-bond donors (Lipinski definition) is 1. The molecule has 0 aliphatic carbocycles. The minimum absolute atomic E-state index is 0.0831. The van der Waals surface area contributed by atoms with Crippen molar-refractivity contribution < 1.29 is 23.2 Å². The molecule has 6 nitrogen and oxygen atoms in total. The Morgan fingerprint density at radius 1 is 0.939 bits per heavy atom. The van der Waals surface area contributed by atoms with Crippen molar-refractivity contribution in [3.63, 3.8) is 0 Å². The van der Waals surface area contributed by atoms with E-state index in [2.05, 4.69) is 5.32 Å². The highest BCUT2D eigenvalue weighted by Crippen LogP contribution is 2.48. The molecule has 1 fully saturated rings. The number of anilines is 2. The molecular formula is C24H17F2N3O3S. The molecule has 166 valence electrons. The third-order valence-electron chi connectivity index (χ3n) is 5.75. The van der Waals surface area contributed by atoms with Crippen molar-refractivity contribution in [1.82, 2.24) is 10.2 Å². The Balaban J connectivity index is 1.47. The van der Waals surface area contributed by atoms with Gasteiger partial charge in [-0.25, -0.2) is 13.6 Å². The molecule has 1 saturated heterocycles. The molecule has 3 aromatic rings. The number of carbonyl (C=O) groups is 3. The number of nitrogens with one attached hydrogen (secondary N) is 1. The Labute approximate surface area is 192 Å². The van der Waals surface area contributed by atoms with E-state index in [-0.39, 0.29) is 5.56 Å². The average Bonchev–Trinajstić information content (AvgIpc) is 3.02. The van der Waals surface area contributed by atoms with Crippen LogP contribution < -0.4 is 10.2 Å². The van der Waals surface area contributed by atoms with Gasteiger partial charge in [-0.1, -0.05) is 42.1 Å². The molecule has 2 aliphatic heterocycles. The van der Waals surface area contributed by atoms with Crippen LogP contribution in [0.4, 0.5) is 25.0 Å². The lowest BCUT2D eigenvalue weighted by molar-refractivity contribution is -0.134. The number of urea groups is 1. The summed E-state index contributed by atoms with van der Waals surface area (Å²) in [4.78, 5) is 43.4. The third kappa shape index (κ3) is 3.36. The number of nitrogens with zero attached hydrogens (tertiary/aromatic N) is 2. The highest BCUT2D eigenvalue weighted by Gasteiger charge is 2.50. The van der Waals surface area contributed by atoms with E-state index in [1.54, 1.807) is 12.1 Å². The molecule has 33 heavy (non-hydrogen) atoms. The number of amides is 4. The van der Waals surface area contributed by atoms with Crippen LogP contribution in [0, 0.1) is 11.6 Å².